The van der Waals surface area contributed by atoms with Crippen LogP contribution >= 0.6 is 34.1 Å². The number of aromatic amines is 2. The normalized spacial score (nSPS) is 10.8. The molecule has 0 radical (unpaired) electrons. The van der Waals surface area contributed by atoms with Crippen LogP contribution in [-0.2, 0) is 62.0 Å². The summed E-state index contributed by atoms with van der Waals surface area (Å²) in [5, 5.41) is 31.8. The quantitative estimate of drug-likeness (QED) is 0.186. The van der Waals surface area contributed by atoms with E-state index in [0.717, 1.165) is 22.9 Å². The van der Waals surface area contributed by atoms with Crippen LogP contribution in [0.25, 0.3) is 0 Å². The Balaban J connectivity index is 0.00000136. The molecule has 16 heteroatoms. The fourth-order valence-corrected chi connectivity index (χ4v) is 2.87. The zero-order valence-corrected chi connectivity index (χ0v) is 24.8. The number of phenolic OH excluding ortho intramolecular Hbond substituents is 1. The molecule has 29 heavy (non-hydrogen) atoms. The Labute approximate surface area is 213 Å². The number of hydrogen-bond acceptors (Lipinski definition) is 9. The summed E-state index contributed by atoms with van der Waals surface area (Å²) in [6.07, 6.45) is 2.87. The SMILES string of the molecule is Cc1cc(/C=N/n2c([S-])n[nH]c2=S)c(O)c(/C=N/n2c([S-])n[nH]c2=S)c1.[Cl][Zn+].[Zn]. The molecule has 0 aliphatic carbocycles. The van der Waals surface area contributed by atoms with Crippen molar-refractivity contribution in [3.8, 4) is 5.75 Å². The fraction of sp³-hybridized carbons (Fsp3) is 0.0769. The average Bonchev–Trinajstić information content (AvgIpc) is 3.17. The van der Waals surface area contributed by atoms with E-state index in [2.05, 4.69) is 30.6 Å². The smallest absolute Gasteiger partial charge is 0 e. The average molecular weight is 589 g/mol. The Morgan fingerprint density at radius 1 is 1.03 bits per heavy atom. The van der Waals surface area contributed by atoms with Crippen molar-refractivity contribution < 1.29 is 41.9 Å². The first-order valence-corrected chi connectivity index (χ1v) is 12.8. The maximum atomic E-state index is 10.5. The molecule has 0 amide bonds. The van der Waals surface area contributed by atoms with Crippen LogP contribution in [0.3, 0.4) is 0 Å². The van der Waals surface area contributed by atoms with Gasteiger partial charge in [-0.2, -0.15) is 20.4 Å². The molecule has 0 saturated carbocycles. The van der Waals surface area contributed by atoms with Crippen LogP contribution in [0.15, 0.2) is 32.6 Å². The van der Waals surface area contributed by atoms with E-state index < -0.39 is 0 Å². The van der Waals surface area contributed by atoms with E-state index >= 15 is 0 Å². The van der Waals surface area contributed by atoms with E-state index in [1.165, 1.54) is 21.8 Å². The minimum atomic E-state index is -0.0232. The largest absolute Gasteiger partial charge is 0 e. The van der Waals surface area contributed by atoms with Gasteiger partial charge in [0, 0.05) is 40.9 Å². The number of rotatable bonds is 4. The fourth-order valence-electron chi connectivity index (χ4n) is 2.03. The molecule has 0 fully saturated rings. The van der Waals surface area contributed by atoms with Crippen molar-refractivity contribution in [2.75, 3.05) is 0 Å². The minimum absolute atomic E-state index is 0. The predicted octanol–water partition coefficient (Wildman–Crippen LogP) is 2.47. The molecular formula is C13H10ClN8OS4Zn2-. The van der Waals surface area contributed by atoms with E-state index in [1.54, 1.807) is 12.1 Å². The number of aryl methyl sites for hydroxylation is 1. The molecule has 2 heterocycles. The van der Waals surface area contributed by atoms with Gasteiger partial charge >= 0.3 is 27.0 Å². The third-order valence-corrected chi connectivity index (χ3v) is 4.24. The molecule has 3 N–H and O–H groups in total. The van der Waals surface area contributed by atoms with E-state index in [9.17, 15) is 5.11 Å². The van der Waals surface area contributed by atoms with Gasteiger partial charge in [0.15, 0.2) is 0 Å². The van der Waals surface area contributed by atoms with Crippen LogP contribution < -0.4 is 0 Å². The second-order valence-electron chi connectivity index (χ2n) is 5.03. The summed E-state index contributed by atoms with van der Waals surface area (Å²) < 4.78 is 3.06. The number of phenols is 1. The molecule has 0 unspecified atom stereocenters. The van der Waals surface area contributed by atoms with Crippen molar-refractivity contribution >= 4 is 71.8 Å². The van der Waals surface area contributed by atoms with Crippen LogP contribution in [0.1, 0.15) is 16.7 Å². The summed E-state index contributed by atoms with van der Waals surface area (Å²) in [4.78, 5) is 0. The molecule has 3 rings (SSSR count). The van der Waals surface area contributed by atoms with E-state index in [-0.39, 0.29) is 45.1 Å². The second kappa shape index (κ2) is 12.0. The predicted molar refractivity (Wildman–Crippen MR) is 111 cm³/mol. The van der Waals surface area contributed by atoms with E-state index in [0.29, 0.717) is 11.1 Å². The van der Waals surface area contributed by atoms with Gasteiger partial charge in [-0.25, -0.2) is 9.35 Å². The molecule has 0 spiro atoms. The summed E-state index contributed by atoms with van der Waals surface area (Å²) >= 11 is 20.9. The molecular weight excluding hydrogens is 579 g/mol. The van der Waals surface area contributed by atoms with Crippen LogP contribution in [0.5, 0.6) is 5.75 Å². The van der Waals surface area contributed by atoms with Gasteiger partial charge in [-0.05, 0) is 49.1 Å². The number of H-pyrrole nitrogens is 2. The van der Waals surface area contributed by atoms with Crippen molar-refractivity contribution in [1.29, 1.82) is 0 Å². The van der Waals surface area contributed by atoms with Gasteiger partial charge in [-0.1, -0.05) is 0 Å². The molecule has 9 nitrogen and oxygen atoms in total. The Hall–Kier alpha value is -0.943. The zero-order chi connectivity index (χ0) is 20.8. The number of nitrogens with zero attached hydrogens (tertiary/aromatic N) is 6. The Kier molecular flexibility index (Phi) is 10.8. The molecule has 0 aliphatic rings. The first-order valence-electron chi connectivity index (χ1n) is 7.24. The molecule has 0 saturated heterocycles. The number of halogens is 1. The first kappa shape index (κ1) is 26.1. The third-order valence-electron chi connectivity index (χ3n) is 3.18. The molecule has 0 aliphatic heterocycles. The number of aromatic nitrogens is 6. The topological polar surface area (TPSA) is 112 Å². The molecule has 3 aromatic rings. The van der Waals surface area contributed by atoms with Gasteiger partial charge in [-0.3, -0.25) is 10.2 Å². The molecule has 0 bridgehead atoms. The first-order chi connectivity index (χ1) is 13.4. The van der Waals surface area contributed by atoms with Gasteiger partial charge in [0.1, 0.15) is 5.75 Å². The Bertz CT molecular complexity index is 1070. The van der Waals surface area contributed by atoms with Gasteiger partial charge in [0.05, 0.1) is 12.4 Å². The summed E-state index contributed by atoms with van der Waals surface area (Å²) in [5.74, 6) is -0.0232. The Morgan fingerprint density at radius 2 is 1.41 bits per heavy atom. The minimum Gasteiger partial charge on any atom is 0 e. The van der Waals surface area contributed by atoms with Crippen molar-refractivity contribution in [2.45, 2.75) is 17.2 Å². The monoisotopic (exact) mass is 585 g/mol. The second-order valence-corrected chi connectivity index (χ2v) is 6.53. The molecule has 1 aromatic carbocycles. The third kappa shape index (κ3) is 6.52. The number of benzene rings is 1. The molecule has 0 atom stereocenters. The number of nitrogens with one attached hydrogen (secondary N) is 2. The molecule has 144 valence electrons. The van der Waals surface area contributed by atoms with Crippen molar-refractivity contribution in [2.24, 2.45) is 10.2 Å². The van der Waals surface area contributed by atoms with Crippen LogP contribution in [0.2, 0.25) is 0 Å². The van der Waals surface area contributed by atoms with Gasteiger partial charge in [0.2, 0.25) is 9.54 Å². The molecule has 2 aromatic heterocycles. The standard InChI is InChI=1S/C13H12N8OS4.ClH.2Zn/c1-6-2-7(4-14-20-10(23)16-17-11(20)24)9(22)8(3-6)5-15-21-12(25)18-19-13(21)26;;;/h2-5,22H,1H3,(H,16,23)(H,17,24)(H,18,25)(H,19,26);1H;;/q;;;+2/p-3/b14-4+,15-5+;;;. The maximum absolute atomic E-state index is 10.5. The maximum Gasteiger partial charge on any atom is 0 e. The number of hydrogen-bond donors (Lipinski definition) is 3. The Morgan fingerprint density at radius 3 is 1.72 bits per heavy atom. The van der Waals surface area contributed by atoms with Crippen LogP contribution in [0, 0.1) is 16.5 Å². The van der Waals surface area contributed by atoms with Gasteiger partial charge < -0.3 is 30.4 Å². The van der Waals surface area contributed by atoms with Crippen molar-refractivity contribution in [3.05, 3.63) is 38.4 Å². The van der Waals surface area contributed by atoms with E-state index in [4.69, 9.17) is 59.4 Å². The van der Waals surface area contributed by atoms with E-state index in [1.807, 2.05) is 6.92 Å². The van der Waals surface area contributed by atoms with Crippen LogP contribution in [0.4, 0.5) is 0 Å². The van der Waals surface area contributed by atoms with Gasteiger partial charge in [-0.15, -0.1) is 0 Å². The summed E-state index contributed by atoms with van der Waals surface area (Å²) in [6, 6.07) is 3.51. The zero-order valence-electron chi connectivity index (χ0n) is 14.9. The summed E-state index contributed by atoms with van der Waals surface area (Å²) in [5.41, 5.74) is 1.80. The van der Waals surface area contributed by atoms with Crippen molar-refractivity contribution in [3.63, 3.8) is 0 Å². The number of aromatic hydroxyl groups is 1. The summed E-state index contributed by atoms with van der Waals surface area (Å²) in [7, 11) is 4.76. The van der Waals surface area contributed by atoms with Gasteiger partial charge in [0.25, 0.3) is 0 Å². The summed E-state index contributed by atoms with van der Waals surface area (Å²) in [6.45, 7) is 1.87. The van der Waals surface area contributed by atoms with Crippen LogP contribution in [-0.4, -0.2) is 47.3 Å². The van der Waals surface area contributed by atoms with Crippen molar-refractivity contribution in [1.82, 2.24) is 29.7 Å².